The molecule has 2 aliphatic rings. The number of benzene rings is 1. The van der Waals surface area contributed by atoms with E-state index in [1.807, 2.05) is 0 Å². The van der Waals surface area contributed by atoms with Crippen LogP contribution in [-0.2, 0) is 11.2 Å². The molecule has 3 heteroatoms. The summed E-state index contributed by atoms with van der Waals surface area (Å²) in [5.41, 5.74) is 2.62. The van der Waals surface area contributed by atoms with Gasteiger partial charge in [0.25, 0.3) is 0 Å². The maximum Gasteiger partial charge on any atom is 0.239 e. The van der Waals surface area contributed by atoms with E-state index in [1.54, 1.807) is 0 Å². The zero-order valence-corrected chi connectivity index (χ0v) is 13.8. The standard InChI is InChI=1S/C19H28N2O/c1-14-7-3-5-9-17(14)20-19(22)13-21-15(2)11-12-16-8-4-6-10-18(16)21/h4,6,8,10,14-15,17H,3,5,7,9,11-13H2,1-2H3,(H,20,22)/t14-,15+,17-/m1/s1. The lowest BCUT2D eigenvalue weighted by atomic mass is 9.86. The van der Waals surface area contributed by atoms with Crippen molar-refractivity contribution in [2.45, 2.75) is 64.5 Å². The lowest BCUT2D eigenvalue weighted by Crippen LogP contribution is -2.48. The first-order valence-corrected chi connectivity index (χ1v) is 8.79. The second-order valence-electron chi connectivity index (χ2n) is 7.08. The predicted octanol–water partition coefficient (Wildman–Crippen LogP) is 3.52. The first-order chi connectivity index (χ1) is 10.6. The SMILES string of the molecule is C[C@@H]1CCCC[C@H]1NC(=O)CN1c2ccccc2CC[C@@H]1C. The molecule has 120 valence electrons. The van der Waals surface area contributed by atoms with Crippen LogP contribution in [0.2, 0.25) is 0 Å². The molecule has 3 atom stereocenters. The van der Waals surface area contributed by atoms with Crippen molar-refractivity contribution in [2.75, 3.05) is 11.4 Å². The highest BCUT2D eigenvalue weighted by Crippen LogP contribution is 2.30. The van der Waals surface area contributed by atoms with Gasteiger partial charge in [-0.3, -0.25) is 4.79 Å². The lowest BCUT2D eigenvalue weighted by Gasteiger charge is -2.37. The van der Waals surface area contributed by atoms with E-state index in [0.29, 0.717) is 24.5 Å². The number of rotatable bonds is 3. The smallest absolute Gasteiger partial charge is 0.239 e. The second kappa shape index (κ2) is 6.72. The summed E-state index contributed by atoms with van der Waals surface area (Å²) in [6.45, 7) is 4.98. The van der Waals surface area contributed by atoms with Crippen LogP contribution in [0.5, 0.6) is 0 Å². The Morgan fingerprint density at radius 3 is 2.77 bits per heavy atom. The minimum Gasteiger partial charge on any atom is -0.359 e. The van der Waals surface area contributed by atoms with Gasteiger partial charge in [0.1, 0.15) is 0 Å². The number of hydrogen-bond donors (Lipinski definition) is 1. The van der Waals surface area contributed by atoms with Crippen molar-refractivity contribution in [2.24, 2.45) is 5.92 Å². The molecule has 22 heavy (non-hydrogen) atoms. The molecule has 0 aromatic heterocycles. The minimum absolute atomic E-state index is 0.183. The third kappa shape index (κ3) is 3.29. The van der Waals surface area contributed by atoms with E-state index in [-0.39, 0.29) is 5.91 Å². The number of nitrogens with one attached hydrogen (secondary N) is 1. The highest BCUT2D eigenvalue weighted by atomic mass is 16.2. The largest absolute Gasteiger partial charge is 0.359 e. The molecule has 0 radical (unpaired) electrons. The monoisotopic (exact) mass is 300 g/mol. The number of aryl methyl sites for hydroxylation is 1. The highest BCUT2D eigenvalue weighted by Gasteiger charge is 2.27. The summed E-state index contributed by atoms with van der Waals surface area (Å²) in [5, 5.41) is 3.29. The summed E-state index contributed by atoms with van der Waals surface area (Å²) < 4.78 is 0. The van der Waals surface area contributed by atoms with Crippen LogP contribution in [-0.4, -0.2) is 24.5 Å². The topological polar surface area (TPSA) is 32.3 Å². The Balaban J connectivity index is 1.66. The number of nitrogens with zero attached hydrogens (tertiary/aromatic N) is 1. The summed E-state index contributed by atoms with van der Waals surface area (Å²) in [6, 6.07) is 9.32. The van der Waals surface area contributed by atoms with Crippen molar-refractivity contribution < 1.29 is 4.79 Å². The van der Waals surface area contributed by atoms with Crippen molar-refractivity contribution in [1.82, 2.24) is 5.32 Å². The Morgan fingerprint density at radius 1 is 1.18 bits per heavy atom. The van der Waals surface area contributed by atoms with Gasteiger partial charge in [-0.15, -0.1) is 0 Å². The molecule has 0 unspecified atom stereocenters. The number of carbonyl (C=O) groups excluding carboxylic acids is 1. The predicted molar refractivity (Wildman–Crippen MR) is 91.1 cm³/mol. The fraction of sp³-hybridized carbons (Fsp3) is 0.632. The van der Waals surface area contributed by atoms with Crippen LogP contribution in [0.15, 0.2) is 24.3 Å². The van der Waals surface area contributed by atoms with E-state index < -0.39 is 0 Å². The maximum atomic E-state index is 12.5. The van der Waals surface area contributed by atoms with Gasteiger partial charge in [0.05, 0.1) is 6.54 Å². The van der Waals surface area contributed by atoms with Crippen LogP contribution in [0, 0.1) is 5.92 Å². The van der Waals surface area contributed by atoms with Gasteiger partial charge in [0.2, 0.25) is 5.91 Å². The number of carbonyl (C=O) groups is 1. The van der Waals surface area contributed by atoms with Crippen LogP contribution in [0.3, 0.4) is 0 Å². The van der Waals surface area contributed by atoms with Gasteiger partial charge in [-0.05, 0) is 50.2 Å². The fourth-order valence-electron chi connectivity index (χ4n) is 3.94. The Labute approximate surface area is 134 Å². The number of anilines is 1. The van der Waals surface area contributed by atoms with Crippen LogP contribution in [0.4, 0.5) is 5.69 Å². The number of hydrogen-bond acceptors (Lipinski definition) is 2. The van der Waals surface area contributed by atoms with Gasteiger partial charge in [0.15, 0.2) is 0 Å². The van der Waals surface area contributed by atoms with Crippen LogP contribution < -0.4 is 10.2 Å². The normalized spacial score (nSPS) is 28.1. The van der Waals surface area contributed by atoms with Crippen molar-refractivity contribution >= 4 is 11.6 Å². The second-order valence-corrected chi connectivity index (χ2v) is 7.08. The van der Waals surface area contributed by atoms with E-state index in [1.165, 1.54) is 30.5 Å². The molecule has 1 aromatic rings. The molecule has 3 nitrogen and oxygen atoms in total. The molecule has 0 bridgehead atoms. The van der Waals surface area contributed by atoms with Crippen LogP contribution in [0.1, 0.15) is 51.5 Å². The van der Waals surface area contributed by atoms with E-state index in [2.05, 4.69) is 48.3 Å². The zero-order chi connectivity index (χ0) is 15.5. The van der Waals surface area contributed by atoms with Gasteiger partial charge < -0.3 is 10.2 Å². The molecular weight excluding hydrogens is 272 g/mol. The van der Waals surface area contributed by atoms with E-state index >= 15 is 0 Å². The average molecular weight is 300 g/mol. The van der Waals surface area contributed by atoms with Crippen LogP contribution in [0.25, 0.3) is 0 Å². The molecule has 1 aliphatic carbocycles. The first-order valence-electron chi connectivity index (χ1n) is 8.79. The third-order valence-corrected chi connectivity index (χ3v) is 5.44. The molecule has 3 rings (SSSR count). The van der Waals surface area contributed by atoms with Crippen molar-refractivity contribution in [3.8, 4) is 0 Å². The molecular formula is C19H28N2O. The Hall–Kier alpha value is -1.51. The Bertz CT molecular complexity index is 528. The number of fused-ring (bicyclic) bond motifs is 1. The van der Waals surface area contributed by atoms with Gasteiger partial charge >= 0.3 is 0 Å². The van der Waals surface area contributed by atoms with E-state index in [9.17, 15) is 4.79 Å². The van der Waals surface area contributed by atoms with Gasteiger partial charge in [-0.2, -0.15) is 0 Å². The molecule has 1 saturated carbocycles. The molecule has 1 N–H and O–H groups in total. The fourth-order valence-corrected chi connectivity index (χ4v) is 3.94. The molecule has 1 amide bonds. The quantitative estimate of drug-likeness (QED) is 0.926. The number of para-hydroxylation sites is 1. The van der Waals surface area contributed by atoms with Gasteiger partial charge in [0, 0.05) is 17.8 Å². The summed E-state index contributed by atoms with van der Waals surface area (Å²) in [4.78, 5) is 14.8. The number of amides is 1. The van der Waals surface area contributed by atoms with Crippen molar-refractivity contribution in [1.29, 1.82) is 0 Å². The Kier molecular flexibility index (Phi) is 4.70. The Morgan fingerprint density at radius 2 is 1.95 bits per heavy atom. The van der Waals surface area contributed by atoms with Crippen molar-refractivity contribution in [3.05, 3.63) is 29.8 Å². The van der Waals surface area contributed by atoms with E-state index in [0.717, 1.165) is 19.3 Å². The van der Waals surface area contributed by atoms with Crippen LogP contribution >= 0.6 is 0 Å². The molecule has 0 spiro atoms. The first kappa shape index (κ1) is 15.4. The zero-order valence-electron chi connectivity index (χ0n) is 13.8. The third-order valence-electron chi connectivity index (χ3n) is 5.44. The average Bonchev–Trinajstić information content (AvgIpc) is 2.52. The molecule has 1 aliphatic heterocycles. The minimum atomic E-state index is 0.183. The molecule has 1 aromatic carbocycles. The van der Waals surface area contributed by atoms with Gasteiger partial charge in [-0.25, -0.2) is 0 Å². The van der Waals surface area contributed by atoms with Crippen molar-refractivity contribution in [3.63, 3.8) is 0 Å². The molecule has 1 fully saturated rings. The lowest BCUT2D eigenvalue weighted by molar-refractivity contribution is -0.121. The summed E-state index contributed by atoms with van der Waals surface area (Å²) in [7, 11) is 0. The summed E-state index contributed by atoms with van der Waals surface area (Å²) in [6.07, 6.45) is 7.19. The van der Waals surface area contributed by atoms with Gasteiger partial charge in [-0.1, -0.05) is 38.0 Å². The summed E-state index contributed by atoms with van der Waals surface area (Å²) >= 11 is 0. The molecule has 1 heterocycles. The highest BCUT2D eigenvalue weighted by molar-refractivity contribution is 5.82. The maximum absolute atomic E-state index is 12.5. The summed E-state index contributed by atoms with van der Waals surface area (Å²) in [5.74, 6) is 0.797. The molecule has 0 saturated heterocycles. The van der Waals surface area contributed by atoms with E-state index in [4.69, 9.17) is 0 Å².